The minimum atomic E-state index is -0.130. The van der Waals surface area contributed by atoms with E-state index in [9.17, 15) is 4.79 Å². The van der Waals surface area contributed by atoms with Crippen LogP contribution in [0.1, 0.15) is 29.4 Å². The maximum atomic E-state index is 13.0. The lowest BCUT2D eigenvalue weighted by molar-refractivity contribution is -0.140. The molecule has 1 saturated heterocycles. The molecule has 8 heteroatoms. The molecule has 0 N–H and O–H groups in total. The molecule has 1 aliphatic rings. The van der Waals surface area contributed by atoms with Crippen molar-refractivity contribution >= 4 is 5.91 Å². The predicted molar refractivity (Wildman–Crippen MR) is 103 cm³/mol. The van der Waals surface area contributed by atoms with E-state index in [4.69, 9.17) is 9.84 Å². The highest BCUT2D eigenvalue weighted by molar-refractivity contribution is 5.77. The highest BCUT2D eigenvalue weighted by Crippen LogP contribution is 2.31. The van der Waals surface area contributed by atoms with Crippen molar-refractivity contribution < 1.29 is 9.53 Å². The van der Waals surface area contributed by atoms with Crippen LogP contribution in [0.4, 0.5) is 0 Å². The summed E-state index contributed by atoms with van der Waals surface area (Å²) in [7, 11) is 0. The largest absolute Gasteiger partial charge is 0.377 e. The predicted octanol–water partition coefficient (Wildman–Crippen LogP) is 2.07. The van der Waals surface area contributed by atoms with Gasteiger partial charge in [0.2, 0.25) is 5.91 Å². The zero-order valence-corrected chi connectivity index (χ0v) is 16.2. The van der Waals surface area contributed by atoms with Crippen molar-refractivity contribution in [2.45, 2.75) is 32.9 Å². The second-order valence-corrected chi connectivity index (χ2v) is 6.92. The van der Waals surface area contributed by atoms with Crippen LogP contribution < -0.4 is 0 Å². The van der Waals surface area contributed by atoms with Crippen molar-refractivity contribution in [3.05, 3.63) is 59.9 Å². The van der Waals surface area contributed by atoms with E-state index < -0.39 is 0 Å². The Labute approximate surface area is 163 Å². The van der Waals surface area contributed by atoms with Gasteiger partial charge in [-0.05, 0) is 26.0 Å². The van der Waals surface area contributed by atoms with E-state index in [2.05, 4.69) is 17.0 Å². The summed E-state index contributed by atoms with van der Waals surface area (Å²) in [5.74, 6) is 0.0926. The SMILES string of the molecule is Cc1nn(-c2ccccc2)c(C)c1[C@H]1COCCN1C(=O)CCn1cncn1. The van der Waals surface area contributed by atoms with E-state index in [0.29, 0.717) is 32.7 Å². The molecule has 28 heavy (non-hydrogen) atoms. The standard InChI is InChI=1S/C20H24N6O2/c1-15-20(16(2)26(23-15)17-6-4-3-5-7-17)18-12-28-11-10-25(18)19(27)8-9-24-14-21-13-22-24/h3-7,13-14,18H,8-12H2,1-2H3/t18-/m1/s1. The highest BCUT2D eigenvalue weighted by atomic mass is 16.5. The van der Waals surface area contributed by atoms with Gasteiger partial charge in [-0.25, -0.2) is 9.67 Å². The van der Waals surface area contributed by atoms with E-state index in [1.54, 1.807) is 11.0 Å². The summed E-state index contributed by atoms with van der Waals surface area (Å²) < 4.78 is 9.35. The summed E-state index contributed by atoms with van der Waals surface area (Å²) in [4.78, 5) is 18.8. The van der Waals surface area contributed by atoms with Gasteiger partial charge < -0.3 is 9.64 Å². The van der Waals surface area contributed by atoms with Crippen LogP contribution in [0, 0.1) is 13.8 Å². The van der Waals surface area contributed by atoms with Gasteiger partial charge >= 0.3 is 0 Å². The van der Waals surface area contributed by atoms with E-state index in [1.165, 1.54) is 6.33 Å². The smallest absolute Gasteiger partial charge is 0.225 e. The fourth-order valence-electron chi connectivity index (χ4n) is 3.80. The first-order valence-corrected chi connectivity index (χ1v) is 9.46. The second kappa shape index (κ2) is 7.93. The third-order valence-corrected chi connectivity index (χ3v) is 5.15. The Morgan fingerprint density at radius 3 is 2.82 bits per heavy atom. The summed E-state index contributed by atoms with van der Waals surface area (Å²) in [5.41, 5.74) is 4.03. The molecule has 0 saturated carbocycles. The summed E-state index contributed by atoms with van der Waals surface area (Å²) in [5, 5.41) is 8.81. The highest BCUT2D eigenvalue weighted by Gasteiger charge is 2.32. The van der Waals surface area contributed by atoms with E-state index in [-0.39, 0.29) is 11.9 Å². The monoisotopic (exact) mass is 380 g/mol. The number of morpholine rings is 1. The topological polar surface area (TPSA) is 78.1 Å². The van der Waals surface area contributed by atoms with Crippen molar-refractivity contribution in [3.8, 4) is 5.69 Å². The first-order valence-electron chi connectivity index (χ1n) is 9.46. The van der Waals surface area contributed by atoms with Crippen LogP contribution in [0.15, 0.2) is 43.0 Å². The molecule has 1 amide bonds. The number of aryl methyl sites for hydroxylation is 2. The summed E-state index contributed by atoms with van der Waals surface area (Å²) in [6, 6.07) is 9.91. The third kappa shape index (κ3) is 3.55. The van der Waals surface area contributed by atoms with Gasteiger partial charge in [-0.1, -0.05) is 18.2 Å². The second-order valence-electron chi connectivity index (χ2n) is 6.92. The van der Waals surface area contributed by atoms with Gasteiger partial charge in [0.25, 0.3) is 0 Å². The van der Waals surface area contributed by atoms with E-state index >= 15 is 0 Å². The molecule has 1 aromatic carbocycles. The van der Waals surface area contributed by atoms with Crippen molar-refractivity contribution in [3.63, 3.8) is 0 Å². The van der Waals surface area contributed by atoms with Crippen molar-refractivity contribution in [2.75, 3.05) is 19.8 Å². The van der Waals surface area contributed by atoms with Gasteiger partial charge in [0.1, 0.15) is 12.7 Å². The van der Waals surface area contributed by atoms with Gasteiger partial charge in [-0.15, -0.1) is 0 Å². The third-order valence-electron chi connectivity index (χ3n) is 5.15. The number of nitrogens with zero attached hydrogens (tertiary/aromatic N) is 6. The molecule has 3 heterocycles. The molecule has 1 atom stereocenters. The molecule has 0 radical (unpaired) electrons. The quantitative estimate of drug-likeness (QED) is 0.677. The lowest BCUT2D eigenvalue weighted by atomic mass is 10.0. The average Bonchev–Trinajstić information content (AvgIpc) is 3.34. The molecule has 0 bridgehead atoms. The number of benzene rings is 1. The van der Waals surface area contributed by atoms with E-state index in [0.717, 1.165) is 22.6 Å². The molecule has 2 aromatic heterocycles. The zero-order valence-electron chi connectivity index (χ0n) is 16.2. The number of amides is 1. The fourth-order valence-corrected chi connectivity index (χ4v) is 3.80. The Kier molecular flexibility index (Phi) is 5.21. The molecule has 1 fully saturated rings. The number of rotatable bonds is 5. The number of hydrogen-bond acceptors (Lipinski definition) is 5. The summed E-state index contributed by atoms with van der Waals surface area (Å²) in [6.07, 6.45) is 3.49. The number of aromatic nitrogens is 5. The van der Waals surface area contributed by atoms with Crippen LogP contribution in [0.2, 0.25) is 0 Å². The van der Waals surface area contributed by atoms with Crippen LogP contribution >= 0.6 is 0 Å². The van der Waals surface area contributed by atoms with Gasteiger partial charge in [0, 0.05) is 24.2 Å². The summed E-state index contributed by atoms with van der Waals surface area (Å²) in [6.45, 7) is 6.18. The molecule has 8 nitrogen and oxygen atoms in total. The lowest BCUT2D eigenvalue weighted by Gasteiger charge is -2.36. The van der Waals surface area contributed by atoms with Gasteiger partial charge in [0.15, 0.2) is 0 Å². The minimum absolute atomic E-state index is 0.0926. The number of hydrogen-bond donors (Lipinski definition) is 0. The normalized spacial score (nSPS) is 17.1. The number of carbonyl (C=O) groups is 1. The fraction of sp³-hybridized carbons (Fsp3) is 0.400. The first kappa shape index (κ1) is 18.4. The Bertz CT molecular complexity index is 935. The maximum Gasteiger partial charge on any atom is 0.225 e. The molecule has 4 rings (SSSR count). The Balaban J connectivity index is 1.59. The van der Waals surface area contributed by atoms with Crippen LogP contribution in [0.25, 0.3) is 5.69 Å². The van der Waals surface area contributed by atoms with Crippen molar-refractivity contribution in [2.24, 2.45) is 0 Å². The van der Waals surface area contributed by atoms with Crippen LogP contribution in [0.3, 0.4) is 0 Å². The van der Waals surface area contributed by atoms with E-state index in [1.807, 2.05) is 46.8 Å². The van der Waals surface area contributed by atoms with Gasteiger partial charge in [0.05, 0.1) is 37.2 Å². The van der Waals surface area contributed by atoms with Crippen molar-refractivity contribution in [1.82, 2.24) is 29.4 Å². The Morgan fingerprint density at radius 1 is 1.25 bits per heavy atom. The van der Waals surface area contributed by atoms with Gasteiger partial charge in [-0.3, -0.25) is 9.48 Å². The lowest BCUT2D eigenvalue weighted by Crippen LogP contribution is -2.44. The van der Waals surface area contributed by atoms with Crippen LogP contribution in [-0.2, 0) is 16.1 Å². The maximum absolute atomic E-state index is 13.0. The molecular weight excluding hydrogens is 356 g/mol. The van der Waals surface area contributed by atoms with Gasteiger partial charge in [-0.2, -0.15) is 10.2 Å². The number of para-hydroxylation sites is 1. The first-order chi connectivity index (χ1) is 13.6. The molecule has 0 unspecified atom stereocenters. The molecule has 3 aromatic rings. The van der Waals surface area contributed by atoms with Crippen molar-refractivity contribution in [1.29, 1.82) is 0 Å². The molecule has 146 valence electrons. The number of ether oxygens (including phenoxy) is 1. The average molecular weight is 380 g/mol. The van der Waals surface area contributed by atoms with Crippen LogP contribution in [-0.4, -0.2) is 55.1 Å². The Morgan fingerprint density at radius 2 is 2.07 bits per heavy atom. The summed E-state index contributed by atoms with van der Waals surface area (Å²) >= 11 is 0. The molecule has 1 aliphatic heterocycles. The zero-order chi connectivity index (χ0) is 19.5. The minimum Gasteiger partial charge on any atom is -0.377 e. The molecular formula is C20H24N6O2. The number of carbonyl (C=O) groups excluding carboxylic acids is 1. The Hall–Kier alpha value is -3.00. The molecule has 0 spiro atoms. The molecule has 0 aliphatic carbocycles. The van der Waals surface area contributed by atoms with Crippen LogP contribution in [0.5, 0.6) is 0 Å².